The van der Waals surface area contributed by atoms with Gasteiger partial charge in [-0.25, -0.2) is 0 Å². The van der Waals surface area contributed by atoms with Crippen molar-refractivity contribution >= 4 is 61.9 Å². The number of hydrogen-bond acceptors (Lipinski definition) is 3. The highest BCUT2D eigenvalue weighted by Gasteiger charge is 2.10. The molecule has 0 aliphatic rings. The van der Waals surface area contributed by atoms with E-state index in [-0.39, 0.29) is 0 Å². The standard InChI is InChI=1S/2C14H12BrClO.CH2O/c2*1-2-17-14-9-13(16)11(8-12(14)15)10-6-4-3-5-7-10;1-2/h2*3-9H,2H2,1H3;1H2. The minimum Gasteiger partial charge on any atom is -0.493 e. The summed E-state index contributed by atoms with van der Waals surface area (Å²) in [6.45, 7) is 7.15. The van der Waals surface area contributed by atoms with Gasteiger partial charge in [0.25, 0.3) is 0 Å². The van der Waals surface area contributed by atoms with E-state index < -0.39 is 0 Å². The minimum atomic E-state index is 0.625. The van der Waals surface area contributed by atoms with E-state index in [1.54, 1.807) is 0 Å². The highest BCUT2D eigenvalue weighted by molar-refractivity contribution is 9.11. The Balaban J connectivity index is 0.000000237. The third-order valence-electron chi connectivity index (χ3n) is 4.81. The van der Waals surface area contributed by atoms with Crippen molar-refractivity contribution < 1.29 is 14.3 Å². The van der Waals surface area contributed by atoms with Crippen LogP contribution in [0.15, 0.2) is 93.9 Å². The van der Waals surface area contributed by atoms with E-state index in [0.717, 1.165) is 42.7 Å². The Morgan fingerprint density at radius 1 is 0.639 bits per heavy atom. The van der Waals surface area contributed by atoms with Gasteiger partial charge in [0.1, 0.15) is 18.3 Å². The third-order valence-corrected chi connectivity index (χ3v) is 6.68. The topological polar surface area (TPSA) is 35.5 Å². The van der Waals surface area contributed by atoms with E-state index >= 15 is 0 Å². The van der Waals surface area contributed by atoms with Crippen molar-refractivity contribution in [1.82, 2.24) is 0 Å². The molecule has 0 N–H and O–H groups in total. The fraction of sp³-hybridized carbons (Fsp3) is 0.138. The van der Waals surface area contributed by atoms with E-state index in [4.69, 9.17) is 37.5 Å². The summed E-state index contributed by atoms with van der Waals surface area (Å²) in [4.78, 5) is 8.00. The lowest BCUT2D eigenvalue weighted by atomic mass is 10.1. The molecule has 0 atom stereocenters. The maximum absolute atomic E-state index is 8.00. The highest BCUT2D eigenvalue weighted by Crippen LogP contribution is 2.38. The molecule has 0 spiro atoms. The predicted molar refractivity (Wildman–Crippen MR) is 159 cm³/mol. The molecule has 4 aromatic carbocycles. The highest BCUT2D eigenvalue weighted by atomic mass is 79.9. The zero-order valence-corrected chi connectivity index (χ0v) is 24.6. The third kappa shape index (κ3) is 8.38. The van der Waals surface area contributed by atoms with Crippen LogP contribution < -0.4 is 9.47 Å². The molecule has 36 heavy (non-hydrogen) atoms. The summed E-state index contributed by atoms with van der Waals surface area (Å²) in [6, 6.07) is 27.8. The lowest BCUT2D eigenvalue weighted by Crippen LogP contribution is -1.93. The summed E-state index contributed by atoms with van der Waals surface area (Å²) in [6.07, 6.45) is 0. The van der Waals surface area contributed by atoms with Gasteiger partial charge in [0.2, 0.25) is 0 Å². The summed E-state index contributed by atoms with van der Waals surface area (Å²) < 4.78 is 12.8. The Labute approximate surface area is 239 Å². The Bertz CT molecular complexity index is 1140. The first-order valence-corrected chi connectivity index (χ1v) is 13.4. The lowest BCUT2D eigenvalue weighted by molar-refractivity contribution is -0.0979. The molecule has 0 unspecified atom stereocenters. The van der Waals surface area contributed by atoms with Crippen LogP contribution in [0.1, 0.15) is 13.8 Å². The second-order valence-corrected chi connectivity index (χ2v) is 9.65. The van der Waals surface area contributed by atoms with Crippen molar-refractivity contribution in [3.63, 3.8) is 0 Å². The molecule has 0 saturated heterocycles. The van der Waals surface area contributed by atoms with Crippen molar-refractivity contribution in [1.29, 1.82) is 0 Å². The molecule has 0 heterocycles. The molecular formula is C29H26Br2Cl2O3. The van der Waals surface area contributed by atoms with Crippen LogP contribution in [0, 0.1) is 0 Å². The maximum atomic E-state index is 8.00. The van der Waals surface area contributed by atoms with Crippen molar-refractivity contribution in [2.24, 2.45) is 0 Å². The Hall–Kier alpha value is -2.31. The molecule has 188 valence electrons. The Morgan fingerprint density at radius 2 is 0.972 bits per heavy atom. The van der Waals surface area contributed by atoms with Crippen molar-refractivity contribution in [3.8, 4) is 33.8 Å². The molecule has 0 saturated carbocycles. The number of halogens is 4. The van der Waals surface area contributed by atoms with Crippen LogP contribution in [-0.4, -0.2) is 20.0 Å². The van der Waals surface area contributed by atoms with Crippen LogP contribution in [-0.2, 0) is 4.79 Å². The van der Waals surface area contributed by atoms with E-state index in [0.29, 0.717) is 23.3 Å². The zero-order chi connectivity index (χ0) is 26.5. The van der Waals surface area contributed by atoms with Crippen molar-refractivity contribution in [3.05, 3.63) is 104 Å². The number of ether oxygens (including phenoxy) is 2. The first-order valence-electron chi connectivity index (χ1n) is 11.1. The molecule has 0 bridgehead atoms. The van der Waals surface area contributed by atoms with Crippen LogP contribution in [0.25, 0.3) is 22.3 Å². The van der Waals surface area contributed by atoms with Gasteiger partial charge in [-0.2, -0.15) is 0 Å². The average Bonchev–Trinajstić information content (AvgIpc) is 2.91. The second-order valence-electron chi connectivity index (χ2n) is 7.12. The molecule has 0 aliphatic heterocycles. The fourth-order valence-electron chi connectivity index (χ4n) is 3.27. The Morgan fingerprint density at radius 3 is 1.28 bits per heavy atom. The van der Waals surface area contributed by atoms with E-state index in [1.165, 1.54) is 0 Å². The van der Waals surface area contributed by atoms with Gasteiger partial charge in [0.15, 0.2) is 0 Å². The second kappa shape index (κ2) is 15.7. The number of carbonyl (C=O) groups excluding carboxylic acids is 1. The van der Waals surface area contributed by atoms with E-state index in [1.807, 2.05) is 106 Å². The van der Waals surface area contributed by atoms with E-state index in [2.05, 4.69) is 31.9 Å². The molecule has 0 amide bonds. The smallest absolute Gasteiger partial charge is 0.134 e. The summed E-state index contributed by atoms with van der Waals surface area (Å²) in [7, 11) is 0. The zero-order valence-electron chi connectivity index (χ0n) is 19.9. The van der Waals surface area contributed by atoms with Crippen LogP contribution in [0.5, 0.6) is 11.5 Å². The first kappa shape index (κ1) is 29.9. The maximum Gasteiger partial charge on any atom is 0.134 e. The first-order chi connectivity index (χ1) is 17.4. The molecule has 4 rings (SSSR count). The Kier molecular flexibility index (Phi) is 13.1. The number of rotatable bonds is 6. The largest absolute Gasteiger partial charge is 0.493 e. The lowest BCUT2D eigenvalue weighted by Gasteiger charge is -2.10. The fourth-order valence-corrected chi connectivity index (χ4v) is 4.71. The molecule has 0 aromatic heterocycles. The number of carbonyl (C=O) groups is 1. The van der Waals surface area contributed by atoms with Gasteiger partial charge in [0, 0.05) is 23.3 Å². The molecule has 4 aromatic rings. The SMILES string of the molecule is C=O.CCOc1cc(Cl)c(-c2ccccc2)cc1Br.CCOc1cc(Cl)c(-c2ccccc2)cc1Br. The molecule has 7 heteroatoms. The number of hydrogen-bond donors (Lipinski definition) is 0. The van der Waals surface area contributed by atoms with Crippen molar-refractivity contribution in [2.45, 2.75) is 13.8 Å². The van der Waals surface area contributed by atoms with Gasteiger partial charge < -0.3 is 14.3 Å². The molecule has 0 aliphatic carbocycles. The minimum absolute atomic E-state index is 0.625. The predicted octanol–water partition coefficient (Wildman–Crippen LogP) is 10.2. The van der Waals surface area contributed by atoms with Gasteiger partial charge in [-0.05, 0) is 69.0 Å². The van der Waals surface area contributed by atoms with Gasteiger partial charge in [-0.1, -0.05) is 83.9 Å². The van der Waals surface area contributed by atoms with Gasteiger partial charge in [-0.15, -0.1) is 0 Å². The summed E-state index contributed by atoms with van der Waals surface area (Å²) >= 11 is 19.5. The normalized spacial score (nSPS) is 9.83. The van der Waals surface area contributed by atoms with Gasteiger partial charge >= 0.3 is 0 Å². The molecule has 0 radical (unpaired) electrons. The van der Waals surface area contributed by atoms with Crippen LogP contribution in [0.2, 0.25) is 10.0 Å². The van der Waals surface area contributed by atoms with Gasteiger partial charge in [-0.3, -0.25) is 0 Å². The van der Waals surface area contributed by atoms with Crippen LogP contribution in [0.4, 0.5) is 0 Å². The van der Waals surface area contributed by atoms with Crippen molar-refractivity contribution in [2.75, 3.05) is 13.2 Å². The van der Waals surface area contributed by atoms with Gasteiger partial charge in [0.05, 0.1) is 32.2 Å². The summed E-state index contributed by atoms with van der Waals surface area (Å²) in [5, 5.41) is 1.39. The monoisotopic (exact) mass is 650 g/mol. The van der Waals surface area contributed by atoms with E-state index in [9.17, 15) is 0 Å². The quantitative estimate of drug-likeness (QED) is 0.208. The van der Waals surface area contributed by atoms with Crippen LogP contribution in [0.3, 0.4) is 0 Å². The average molecular weight is 653 g/mol. The summed E-state index contributed by atoms with van der Waals surface area (Å²) in [5.41, 5.74) is 4.20. The summed E-state index contributed by atoms with van der Waals surface area (Å²) in [5.74, 6) is 1.55. The molecule has 3 nitrogen and oxygen atoms in total. The van der Waals surface area contributed by atoms with Crippen LogP contribution >= 0.6 is 55.1 Å². The molecule has 0 fully saturated rings. The number of benzene rings is 4. The molecular weight excluding hydrogens is 627 g/mol.